The Morgan fingerprint density at radius 1 is 0.413 bits per heavy atom. The predicted molar refractivity (Wildman–Crippen MR) is 189 cm³/mol. The predicted octanol–water partition coefficient (Wildman–Crippen LogP) is 9.53. The van der Waals surface area contributed by atoms with Crippen LogP contribution in [0.5, 0.6) is 0 Å². The molecule has 0 aliphatic rings. The van der Waals surface area contributed by atoms with Crippen LogP contribution >= 0.6 is 0 Å². The van der Waals surface area contributed by atoms with E-state index < -0.39 is 24.0 Å². The van der Waals surface area contributed by atoms with Gasteiger partial charge in [-0.2, -0.15) is 0 Å². The first kappa shape index (κ1) is 51.1. The molecule has 0 aromatic carbocycles. The lowest BCUT2D eigenvalue weighted by atomic mass is 10.0. The minimum atomic E-state index is -0.954. The van der Waals surface area contributed by atoms with Crippen molar-refractivity contribution in [3.05, 3.63) is 0 Å². The monoisotopic (exact) mass is 665 g/mol. The van der Waals surface area contributed by atoms with Gasteiger partial charge >= 0.3 is 11.9 Å². The first-order valence-corrected chi connectivity index (χ1v) is 18.6. The minimum Gasteiger partial charge on any atom is -0.481 e. The number of aliphatic hydroxyl groups excluding tert-OH is 3. The van der Waals surface area contributed by atoms with E-state index in [0.717, 1.165) is 32.6 Å². The van der Waals surface area contributed by atoms with Crippen LogP contribution in [0.1, 0.15) is 201 Å². The van der Waals surface area contributed by atoms with Gasteiger partial charge in [0.15, 0.2) is 0 Å². The molecule has 0 aliphatic heterocycles. The van der Waals surface area contributed by atoms with Gasteiger partial charge in [0.05, 0.1) is 13.2 Å². The van der Waals surface area contributed by atoms with Gasteiger partial charge in [0.25, 0.3) is 5.97 Å². The maximum absolute atomic E-state index is 10.3. The summed E-state index contributed by atoms with van der Waals surface area (Å²) in [5.74, 6) is -2.14. The zero-order chi connectivity index (χ0) is 35.5. The van der Waals surface area contributed by atoms with Crippen LogP contribution in [0.25, 0.3) is 0 Å². The molecule has 0 fully saturated rings. The average Bonchev–Trinajstić information content (AvgIpc) is 3.01. The molecule has 46 heavy (non-hydrogen) atoms. The highest BCUT2D eigenvalue weighted by Crippen LogP contribution is 2.14. The zero-order valence-corrected chi connectivity index (χ0v) is 30.2. The Balaban J connectivity index is -0.000000300. The summed E-state index contributed by atoms with van der Waals surface area (Å²) in [7, 11) is 0. The van der Waals surface area contributed by atoms with E-state index in [1.807, 2.05) is 0 Å². The van der Waals surface area contributed by atoms with Gasteiger partial charge in [-0.3, -0.25) is 14.4 Å². The third kappa shape index (κ3) is 69.1. The largest absolute Gasteiger partial charge is 0.481 e. The number of carboxylic acid groups (broad SMARTS) is 3. The van der Waals surface area contributed by atoms with Crippen molar-refractivity contribution in [3.8, 4) is 0 Å². The minimum absolute atomic E-state index is 0.344. The highest BCUT2D eigenvalue weighted by molar-refractivity contribution is 5.66. The fourth-order valence-corrected chi connectivity index (χ4v) is 4.65. The average molecular weight is 665 g/mol. The number of carbonyl (C=O) groups is 3. The summed E-state index contributed by atoms with van der Waals surface area (Å²) in [6.45, 7) is 4.87. The van der Waals surface area contributed by atoms with E-state index in [9.17, 15) is 9.59 Å². The van der Waals surface area contributed by atoms with E-state index in [-0.39, 0.29) is 13.2 Å². The fourth-order valence-electron chi connectivity index (χ4n) is 4.65. The van der Waals surface area contributed by atoms with Crippen LogP contribution in [0, 0.1) is 0 Å². The highest BCUT2D eigenvalue weighted by Gasteiger charge is 1.98. The van der Waals surface area contributed by atoms with Crippen molar-refractivity contribution in [3.63, 3.8) is 0 Å². The number of carboxylic acids is 3. The molecule has 0 spiro atoms. The normalized spacial score (nSPS) is 10.2. The van der Waals surface area contributed by atoms with Crippen LogP contribution in [0.4, 0.5) is 0 Å². The van der Waals surface area contributed by atoms with Crippen molar-refractivity contribution in [2.24, 2.45) is 0 Å². The second kappa shape index (κ2) is 47.7. The molecule has 0 heterocycles. The van der Waals surface area contributed by atoms with E-state index in [2.05, 4.69) is 13.8 Å². The van der Waals surface area contributed by atoms with Gasteiger partial charge in [-0.15, -0.1) is 0 Å². The number of rotatable bonds is 30. The number of aliphatic hydroxyl groups is 3. The first-order chi connectivity index (χ1) is 22.1. The maximum atomic E-state index is 10.3. The van der Waals surface area contributed by atoms with Crippen LogP contribution < -0.4 is 0 Å². The Labute approximate surface area is 282 Å². The van der Waals surface area contributed by atoms with E-state index in [1.165, 1.54) is 141 Å². The van der Waals surface area contributed by atoms with Gasteiger partial charge in [-0.25, -0.2) is 0 Å². The smallest absolute Gasteiger partial charge is 0.303 e. The summed E-state index contributed by atoms with van der Waals surface area (Å²) in [6, 6.07) is 0. The van der Waals surface area contributed by atoms with E-state index in [1.54, 1.807) is 0 Å². The second-order valence-corrected chi connectivity index (χ2v) is 12.3. The van der Waals surface area contributed by atoms with Crippen LogP contribution in [-0.2, 0) is 14.4 Å². The third-order valence-corrected chi connectivity index (χ3v) is 7.41. The molecule has 9 nitrogen and oxygen atoms in total. The lowest BCUT2D eigenvalue weighted by Gasteiger charge is -2.03. The topological polar surface area (TPSA) is 173 Å². The van der Waals surface area contributed by atoms with Crippen molar-refractivity contribution in [2.45, 2.75) is 207 Å². The van der Waals surface area contributed by atoms with Crippen molar-refractivity contribution in [2.75, 3.05) is 13.2 Å². The molecule has 0 rings (SSSR count). The Morgan fingerprint density at radius 2 is 0.587 bits per heavy atom. The van der Waals surface area contributed by atoms with Crippen LogP contribution in [0.2, 0.25) is 0 Å². The number of hydrogen-bond acceptors (Lipinski definition) is 6. The summed E-state index contributed by atoms with van der Waals surface area (Å²) in [4.78, 5) is 29.6. The molecule has 278 valence electrons. The Hall–Kier alpha value is -1.71. The summed E-state index contributed by atoms with van der Waals surface area (Å²) in [5.41, 5.74) is 0. The SMILES string of the molecule is CC(=O)O.CCCCCCCCCCCCCC(=O)O.CCCCCCCCCCCCCCCCCC(=O)O.OCC(O)CO. The molecule has 0 atom stereocenters. The first-order valence-electron chi connectivity index (χ1n) is 18.6. The molecule has 0 amide bonds. The fraction of sp³-hybridized carbons (Fsp3) is 0.919. The van der Waals surface area contributed by atoms with Crippen LogP contribution in [-0.4, -0.2) is 67.9 Å². The van der Waals surface area contributed by atoms with Crippen molar-refractivity contribution in [1.82, 2.24) is 0 Å². The quantitative estimate of drug-likeness (QED) is 0.0409. The molecule has 0 bridgehead atoms. The van der Waals surface area contributed by atoms with Crippen molar-refractivity contribution in [1.29, 1.82) is 0 Å². The number of aliphatic carboxylic acids is 3. The van der Waals surface area contributed by atoms with Gasteiger partial charge in [0.2, 0.25) is 0 Å². The molecular formula is C37H76O9. The van der Waals surface area contributed by atoms with E-state index >= 15 is 0 Å². The van der Waals surface area contributed by atoms with Gasteiger partial charge in [-0.05, 0) is 12.8 Å². The Bertz CT molecular complexity index is 591. The van der Waals surface area contributed by atoms with Gasteiger partial charge in [0, 0.05) is 19.8 Å². The summed E-state index contributed by atoms with van der Waals surface area (Å²) in [5, 5.41) is 48.4. The van der Waals surface area contributed by atoms with Crippen molar-refractivity contribution < 1.29 is 45.0 Å². The molecule has 0 unspecified atom stereocenters. The molecule has 0 aromatic rings. The molecule has 6 N–H and O–H groups in total. The van der Waals surface area contributed by atoms with Gasteiger partial charge in [0.1, 0.15) is 6.10 Å². The molecule has 0 saturated carbocycles. The van der Waals surface area contributed by atoms with Crippen LogP contribution in [0.3, 0.4) is 0 Å². The molecule has 0 saturated heterocycles. The highest BCUT2D eigenvalue weighted by atomic mass is 16.4. The zero-order valence-electron chi connectivity index (χ0n) is 30.2. The Morgan fingerprint density at radius 3 is 0.717 bits per heavy atom. The number of hydrogen-bond donors (Lipinski definition) is 6. The molecular weight excluding hydrogens is 588 g/mol. The molecule has 9 heteroatoms. The lowest BCUT2D eigenvalue weighted by molar-refractivity contribution is -0.138. The summed E-state index contributed by atoms with van der Waals surface area (Å²) >= 11 is 0. The molecule has 0 radical (unpaired) electrons. The standard InChI is InChI=1S/C18H36O2.C14H28O2.C3H8O3.C2H4O2/c1-2-3-4-5-6-7-8-9-10-11-12-13-14-15-16-17-18(19)20;1-2-3-4-5-6-7-8-9-10-11-12-13-14(15)16;4-1-3(6)2-5;1-2(3)4/h2-17H2,1H3,(H,19,20);2-13H2,1H3,(H,15,16);3-6H,1-2H2;1H3,(H,3,4). The summed E-state index contributed by atoms with van der Waals surface area (Å²) in [6.07, 6.45) is 33.6. The Kier molecular flexibility index (Phi) is 53.0. The lowest BCUT2D eigenvalue weighted by Crippen LogP contribution is -2.15. The van der Waals surface area contributed by atoms with E-state index in [0.29, 0.717) is 12.8 Å². The maximum Gasteiger partial charge on any atom is 0.303 e. The number of unbranched alkanes of at least 4 members (excludes halogenated alkanes) is 24. The van der Waals surface area contributed by atoms with Gasteiger partial charge < -0.3 is 30.6 Å². The second-order valence-electron chi connectivity index (χ2n) is 12.3. The van der Waals surface area contributed by atoms with Gasteiger partial charge in [-0.1, -0.05) is 168 Å². The van der Waals surface area contributed by atoms with E-state index in [4.69, 9.17) is 35.4 Å². The molecule has 0 aromatic heterocycles. The third-order valence-electron chi connectivity index (χ3n) is 7.41. The van der Waals surface area contributed by atoms with Crippen molar-refractivity contribution >= 4 is 17.9 Å². The van der Waals surface area contributed by atoms with Crippen LogP contribution in [0.15, 0.2) is 0 Å². The molecule has 0 aliphatic carbocycles. The summed E-state index contributed by atoms with van der Waals surface area (Å²) < 4.78 is 0.